The molecule has 29 heavy (non-hydrogen) atoms. The smallest absolute Gasteiger partial charge is 0.416 e. The Balaban J connectivity index is 2.04. The summed E-state index contributed by atoms with van der Waals surface area (Å²) >= 11 is 0. The number of nitrogens with zero attached hydrogens (tertiary/aromatic N) is 2. The Kier molecular flexibility index (Phi) is 4.42. The van der Waals surface area contributed by atoms with Crippen molar-refractivity contribution in [3.8, 4) is 22.6 Å². The molecule has 2 heterocycles. The maximum atomic E-state index is 13.5. The van der Waals surface area contributed by atoms with E-state index in [2.05, 4.69) is 15.2 Å². The van der Waals surface area contributed by atoms with E-state index in [1.165, 1.54) is 18.5 Å². The Morgan fingerprint density at radius 1 is 1.07 bits per heavy atom. The van der Waals surface area contributed by atoms with Crippen molar-refractivity contribution < 1.29 is 27.8 Å². The van der Waals surface area contributed by atoms with Gasteiger partial charge in [-0.05, 0) is 35.9 Å². The zero-order chi connectivity index (χ0) is 20.6. The second-order valence-electron chi connectivity index (χ2n) is 6.11. The molecule has 0 aliphatic rings. The molecule has 0 bridgehead atoms. The van der Waals surface area contributed by atoms with Crippen LogP contribution in [-0.2, 0) is 6.18 Å². The standard InChI is InChI=1S/C20H12F3N3O3/c21-20(22,23)11-8-14(13-6-7-24-18-16(13)10-25-26-18)17(15(9-11)19(27)28)29-12-4-2-1-3-5-12/h1-10H,(H,27,28)(H,24,25,26). The van der Waals surface area contributed by atoms with E-state index >= 15 is 0 Å². The van der Waals surface area contributed by atoms with Crippen molar-refractivity contribution >= 4 is 17.0 Å². The molecule has 0 amide bonds. The molecule has 0 unspecified atom stereocenters. The SMILES string of the molecule is O=C(O)c1cc(C(F)(F)F)cc(-c2ccnc3[nH]ncc23)c1Oc1ccccc1. The van der Waals surface area contributed by atoms with E-state index in [0.29, 0.717) is 22.7 Å². The Morgan fingerprint density at radius 2 is 1.83 bits per heavy atom. The molecule has 0 radical (unpaired) electrons. The monoisotopic (exact) mass is 399 g/mol. The number of pyridine rings is 1. The highest BCUT2D eigenvalue weighted by atomic mass is 19.4. The van der Waals surface area contributed by atoms with Crippen molar-refractivity contribution in [3.05, 3.63) is 72.1 Å². The molecule has 2 aromatic heterocycles. The molecule has 9 heteroatoms. The normalized spacial score (nSPS) is 11.6. The van der Waals surface area contributed by atoms with Crippen molar-refractivity contribution in [3.63, 3.8) is 0 Å². The van der Waals surface area contributed by atoms with Crippen molar-refractivity contribution in [2.75, 3.05) is 0 Å². The van der Waals surface area contributed by atoms with Crippen molar-refractivity contribution in [1.29, 1.82) is 0 Å². The lowest BCUT2D eigenvalue weighted by atomic mass is 9.96. The average Bonchev–Trinajstić information content (AvgIpc) is 3.17. The largest absolute Gasteiger partial charge is 0.478 e. The van der Waals surface area contributed by atoms with E-state index in [0.717, 1.165) is 6.07 Å². The van der Waals surface area contributed by atoms with Crippen LogP contribution < -0.4 is 4.74 Å². The van der Waals surface area contributed by atoms with Crippen LogP contribution in [0.1, 0.15) is 15.9 Å². The fourth-order valence-corrected chi connectivity index (χ4v) is 2.95. The van der Waals surface area contributed by atoms with Gasteiger partial charge in [0, 0.05) is 17.1 Å². The zero-order valence-corrected chi connectivity index (χ0v) is 14.6. The number of nitrogens with one attached hydrogen (secondary N) is 1. The summed E-state index contributed by atoms with van der Waals surface area (Å²) in [6.45, 7) is 0. The number of ether oxygens (including phenoxy) is 1. The number of carboxylic acids is 1. The third-order valence-corrected chi connectivity index (χ3v) is 4.25. The minimum absolute atomic E-state index is 0.0325. The lowest BCUT2D eigenvalue weighted by Gasteiger charge is -2.17. The fourth-order valence-electron chi connectivity index (χ4n) is 2.95. The molecule has 0 aliphatic heterocycles. The molecule has 4 rings (SSSR count). The first kappa shape index (κ1) is 18.5. The number of rotatable bonds is 4. The van der Waals surface area contributed by atoms with E-state index in [1.807, 2.05) is 0 Å². The molecule has 2 aromatic carbocycles. The molecule has 146 valence electrons. The van der Waals surface area contributed by atoms with Gasteiger partial charge in [-0.25, -0.2) is 9.78 Å². The number of carbonyl (C=O) groups is 1. The molecule has 0 fully saturated rings. The topological polar surface area (TPSA) is 88.1 Å². The predicted octanol–water partition coefficient (Wildman–Crippen LogP) is 5.13. The van der Waals surface area contributed by atoms with Crippen molar-refractivity contribution in [2.45, 2.75) is 6.18 Å². The quantitative estimate of drug-likeness (QED) is 0.496. The van der Waals surface area contributed by atoms with Gasteiger partial charge in [0.1, 0.15) is 17.1 Å². The van der Waals surface area contributed by atoms with E-state index in [4.69, 9.17) is 4.74 Å². The summed E-state index contributed by atoms with van der Waals surface area (Å²) in [5.41, 5.74) is -1.08. The first-order chi connectivity index (χ1) is 13.8. The van der Waals surface area contributed by atoms with Crippen molar-refractivity contribution in [2.24, 2.45) is 0 Å². The maximum absolute atomic E-state index is 13.5. The van der Waals surface area contributed by atoms with E-state index in [1.54, 1.807) is 30.3 Å². The van der Waals surface area contributed by atoms with Crippen LogP contribution in [0.2, 0.25) is 0 Å². The fraction of sp³-hybridized carbons (Fsp3) is 0.0500. The number of hydrogen-bond acceptors (Lipinski definition) is 4. The van der Waals surface area contributed by atoms with Gasteiger partial charge in [0.05, 0.1) is 11.8 Å². The summed E-state index contributed by atoms with van der Waals surface area (Å²) in [6.07, 6.45) is -1.94. The summed E-state index contributed by atoms with van der Waals surface area (Å²) in [4.78, 5) is 15.9. The molecule has 0 aliphatic carbocycles. The highest BCUT2D eigenvalue weighted by Crippen LogP contribution is 2.43. The molecule has 0 atom stereocenters. The van der Waals surface area contributed by atoms with E-state index < -0.39 is 23.3 Å². The zero-order valence-electron chi connectivity index (χ0n) is 14.6. The van der Waals surface area contributed by atoms with Crippen molar-refractivity contribution in [1.82, 2.24) is 15.2 Å². The second-order valence-corrected chi connectivity index (χ2v) is 6.11. The van der Waals surface area contributed by atoms with Crippen LogP contribution in [0.5, 0.6) is 11.5 Å². The number of hydrogen-bond donors (Lipinski definition) is 2. The Hall–Kier alpha value is -3.88. The maximum Gasteiger partial charge on any atom is 0.416 e. The molecule has 0 saturated heterocycles. The molecule has 0 saturated carbocycles. The van der Waals surface area contributed by atoms with Gasteiger partial charge in [-0.2, -0.15) is 18.3 Å². The summed E-state index contributed by atoms with van der Waals surface area (Å²) < 4.78 is 46.2. The molecular weight excluding hydrogens is 387 g/mol. The third-order valence-electron chi connectivity index (χ3n) is 4.25. The minimum Gasteiger partial charge on any atom is -0.478 e. The highest BCUT2D eigenvalue weighted by molar-refractivity contribution is 5.99. The lowest BCUT2D eigenvalue weighted by molar-refractivity contribution is -0.137. The van der Waals surface area contributed by atoms with Crippen LogP contribution in [0.4, 0.5) is 13.2 Å². The van der Waals surface area contributed by atoms with Gasteiger partial charge in [0.25, 0.3) is 0 Å². The number of alkyl halides is 3. The van der Waals surface area contributed by atoms with E-state index in [9.17, 15) is 23.1 Å². The number of carboxylic acid groups (broad SMARTS) is 1. The molecule has 6 nitrogen and oxygen atoms in total. The highest BCUT2D eigenvalue weighted by Gasteiger charge is 2.34. The summed E-state index contributed by atoms with van der Waals surface area (Å²) in [6, 6.07) is 11.1. The average molecular weight is 399 g/mol. The number of halogens is 3. The van der Waals surface area contributed by atoms with Crippen LogP contribution in [-0.4, -0.2) is 26.3 Å². The molecule has 0 spiro atoms. The second kappa shape index (κ2) is 6.93. The van der Waals surface area contributed by atoms with Crippen LogP contribution in [0.25, 0.3) is 22.2 Å². The van der Waals surface area contributed by atoms with E-state index in [-0.39, 0.29) is 17.1 Å². The molecule has 4 aromatic rings. The van der Waals surface area contributed by atoms with Gasteiger partial charge >= 0.3 is 12.1 Å². The number of benzene rings is 2. The number of aromatic nitrogens is 3. The summed E-state index contributed by atoms with van der Waals surface area (Å²) in [7, 11) is 0. The first-order valence-electron chi connectivity index (χ1n) is 8.34. The molecule has 2 N–H and O–H groups in total. The number of fused-ring (bicyclic) bond motifs is 1. The van der Waals surface area contributed by atoms with Gasteiger partial charge < -0.3 is 9.84 Å². The Morgan fingerprint density at radius 3 is 2.52 bits per heavy atom. The summed E-state index contributed by atoms with van der Waals surface area (Å²) in [5, 5.41) is 16.5. The number of H-pyrrole nitrogens is 1. The van der Waals surface area contributed by atoms with Crippen LogP contribution in [0.15, 0.2) is 60.9 Å². The minimum atomic E-state index is -4.74. The van der Waals surface area contributed by atoms with Gasteiger partial charge in [-0.15, -0.1) is 0 Å². The third kappa shape index (κ3) is 3.49. The van der Waals surface area contributed by atoms with Gasteiger partial charge in [-0.1, -0.05) is 18.2 Å². The first-order valence-corrected chi connectivity index (χ1v) is 8.34. The van der Waals surface area contributed by atoms with Gasteiger partial charge in [0.15, 0.2) is 5.65 Å². The summed E-state index contributed by atoms with van der Waals surface area (Å²) in [5.74, 6) is -1.46. The molecular formula is C20H12F3N3O3. The van der Waals surface area contributed by atoms with Gasteiger partial charge in [0.2, 0.25) is 0 Å². The van der Waals surface area contributed by atoms with Crippen LogP contribution in [0.3, 0.4) is 0 Å². The number of aromatic amines is 1. The van der Waals surface area contributed by atoms with Crippen LogP contribution in [0, 0.1) is 0 Å². The lowest BCUT2D eigenvalue weighted by Crippen LogP contribution is -2.10. The van der Waals surface area contributed by atoms with Gasteiger partial charge in [-0.3, -0.25) is 5.10 Å². The Bertz CT molecular complexity index is 1200. The Labute approximate surface area is 161 Å². The number of aromatic carboxylic acids is 1. The number of para-hydroxylation sites is 1. The predicted molar refractivity (Wildman–Crippen MR) is 97.8 cm³/mol. The van der Waals surface area contributed by atoms with Crippen LogP contribution >= 0.6 is 0 Å².